The largest absolute Gasteiger partial charge is 0.488 e. The molecule has 0 spiro atoms. The van der Waals surface area contributed by atoms with Crippen LogP contribution in [-0.4, -0.2) is 25.1 Å². The van der Waals surface area contributed by atoms with E-state index in [4.69, 9.17) is 21.1 Å². The van der Waals surface area contributed by atoms with Crippen molar-refractivity contribution in [2.24, 2.45) is 0 Å². The second kappa shape index (κ2) is 9.30. The van der Waals surface area contributed by atoms with Crippen LogP contribution in [-0.2, 0) is 4.74 Å². The van der Waals surface area contributed by atoms with Crippen LogP contribution < -0.4 is 4.74 Å². The molecule has 4 nitrogen and oxygen atoms in total. The van der Waals surface area contributed by atoms with Crippen LogP contribution in [0, 0.1) is 17.1 Å². The number of nitrogens with zero attached hydrogens (tertiary/aromatic N) is 1. The van der Waals surface area contributed by atoms with Gasteiger partial charge in [-0.3, -0.25) is 4.79 Å². The maximum absolute atomic E-state index is 15.5. The smallest absolute Gasteiger partial charge is 0.193 e. The van der Waals surface area contributed by atoms with Crippen LogP contribution in [0.3, 0.4) is 0 Å². The van der Waals surface area contributed by atoms with Gasteiger partial charge in [0.2, 0.25) is 0 Å². The lowest BCUT2D eigenvalue weighted by molar-refractivity contribution is 0.0666. The summed E-state index contributed by atoms with van der Waals surface area (Å²) < 4.78 is 26.6. The van der Waals surface area contributed by atoms with E-state index >= 15 is 4.39 Å². The van der Waals surface area contributed by atoms with E-state index in [1.54, 1.807) is 30.3 Å². The van der Waals surface area contributed by atoms with Crippen LogP contribution in [0.1, 0.15) is 34.3 Å². The standard InChI is InChI=1S/C25H19ClFNO3/c26-21-10-8-17(25(29)16-5-2-1-3-6-16)13-20(21)23-18(14-28)9-11-22(24(23)27)31-15-19-7-4-12-30-19/h1-3,5-6,8-11,13,19H,4,7,12,15H2/t19-/m0/s1. The molecule has 1 aliphatic heterocycles. The SMILES string of the molecule is N#Cc1ccc(OC[C@@H]2CCCO2)c(F)c1-c1cc(C(=O)c2ccccc2)ccc1Cl. The Bertz CT molecular complexity index is 1150. The zero-order valence-electron chi connectivity index (χ0n) is 16.6. The summed E-state index contributed by atoms with van der Waals surface area (Å²) in [5, 5.41) is 9.79. The fraction of sp³-hybridized carbons (Fsp3) is 0.200. The van der Waals surface area contributed by atoms with Crippen molar-refractivity contribution in [3.63, 3.8) is 0 Å². The van der Waals surface area contributed by atoms with Crippen molar-refractivity contribution in [1.82, 2.24) is 0 Å². The molecule has 1 atom stereocenters. The number of carbonyl (C=O) groups is 1. The van der Waals surface area contributed by atoms with Gasteiger partial charge in [-0.05, 0) is 43.2 Å². The number of hydrogen-bond acceptors (Lipinski definition) is 4. The molecule has 1 aliphatic rings. The summed E-state index contributed by atoms with van der Waals surface area (Å²) in [5.41, 5.74) is 1.23. The van der Waals surface area contributed by atoms with Gasteiger partial charge in [-0.25, -0.2) is 4.39 Å². The first kappa shape index (κ1) is 21.0. The third-order valence-electron chi connectivity index (χ3n) is 5.21. The van der Waals surface area contributed by atoms with Gasteiger partial charge in [0.25, 0.3) is 0 Å². The van der Waals surface area contributed by atoms with Gasteiger partial charge in [-0.15, -0.1) is 0 Å². The van der Waals surface area contributed by atoms with Crippen molar-refractivity contribution in [2.45, 2.75) is 18.9 Å². The summed E-state index contributed by atoms with van der Waals surface area (Å²) in [6, 6.07) is 18.3. The van der Waals surface area contributed by atoms with Gasteiger partial charge in [-0.1, -0.05) is 41.9 Å². The number of rotatable bonds is 6. The van der Waals surface area contributed by atoms with Gasteiger partial charge in [0, 0.05) is 33.9 Å². The van der Waals surface area contributed by atoms with Crippen molar-refractivity contribution in [3.8, 4) is 22.9 Å². The molecule has 0 amide bonds. The van der Waals surface area contributed by atoms with E-state index in [9.17, 15) is 10.1 Å². The highest BCUT2D eigenvalue weighted by atomic mass is 35.5. The highest BCUT2D eigenvalue weighted by Gasteiger charge is 2.22. The molecule has 3 aromatic carbocycles. The summed E-state index contributed by atoms with van der Waals surface area (Å²) in [6.45, 7) is 0.898. The third kappa shape index (κ3) is 4.46. The predicted molar refractivity (Wildman–Crippen MR) is 116 cm³/mol. The lowest BCUT2D eigenvalue weighted by Crippen LogP contribution is -2.17. The normalized spacial score (nSPS) is 15.5. The molecule has 0 radical (unpaired) electrons. The van der Waals surface area contributed by atoms with E-state index < -0.39 is 5.82 Å². The molecule has 0 unspecified atom stereocenters. The van der Waals surface area contributed by atoms with Gasteiger partial charge in [-0.2, -0.15) is 5.26 Å². The summed E-state index contributed by atoms with van der Waals surface area (Å²) >= 11 is 6.37. The van der Waals surface area contributed by atoms with E-state index in [1.165, 1.54) is 24.3 Å². The first-order valence-electron chi connectivity index (χ1n) is 9.95. The lowest BCUT2D eigenvalue weighted by atomic mass is 9.95. The number of nitriles is 1. The summed E-state index contributed by atoms with van der Waals surface area (Å²) in [6.07, 6.45) is 1.74. The van der Waals surface area contributed by atoms with Crippen LogP contribution in [0.15, 0.2) is 60.7 Å². The van der Waals surface area contributed by atoms with E-state index in [0.29, 0.717) is 17.7 Å². The highest BCUT2D eigenvalue weighted by Crippen LogP contribution is 2.37. The Morgan fingerprint density at radius 2 is 1.97 bits per heavy atom. The predicted octanol–water partition coefficient (Wildman–Crippen LogP) is 5.81. The van der Waals surface area contributed by atoms with Crippen molar-refractivity contribution in [3.05, 3.63) is 88.2 Å². The number of carbonyl (C=O) groups excluding carboxylic acids is 1. The minimum Gasteiger partial charge on any atom is -0.488 e. The fourth-order valence-corrected chi connectivity index (χ4v) is 3.81. The molecule has 1 heterocycles. The Morgan fingerprint density at radius 1 is 1.16 bits per heavy atom. The molecule has 31 heavy (non-hydrogen) atoms. The molecule has 0 bridgehead atoms. The molecule has 0 aliphatic carbocycles. The van der Waals surface area contributed by atoms with E-state index in [1.807, 2.05) is 12.1 Å². The van der Waals surface area contributed by atoms with Crippen LogP contribution in [0.4, 0.5) is 4.39 Å². The van der Waals surface area contributed by atoms with Crippen molar-refractivity contribution in [1.29, 1.82) is 5.26 Å². The van der Waals surface area contributed by atoms with Gasteiger partial charge >= 0.3 is 0 Å². The number of ketones is 1. The average Bonchev–Trinajstić information content (AvgIpc) is 3.32. The summed E-state index contributed by atoms with van der Waals surface area (Å²) in [5.74, 6) is -0.896. The summed E-state index contributed by atoms with van der Waals surface area (Å²) in [4.78, 5) is 12.9. The molecule has 156 valence electrons. The third-order valence-corrected chi connectivity index (χ3v) is 5.54. The first-order chi connectivity index (χ1) is 15.1. The Balaban J connectivity index is 1.73. The van der Waals surface area contributed by atoms with Crippen LogP contribution in [0.2, 0.25) is 5.02 Å². The molecule has 1 fully saturated rings. The molecule has 1 saturated heterocycles. The lowest BCUT2D eigenvalue weighted by Gasteiger charge is -2.15. The number of hydrogen-bond donors (Lipinski definition) is 0. The molecule has 3 aromatic rings. The topological polar surface area (TPSA) is 59.3 Å². The maximum Gasteiger partial charge on any atom is 0.193 e. The van der Waals surface area contributed by atoms with E-state index in [-0.39, 0.29) is 46.0 Å². The Labute approximate surface area is 184 Å². The van der Waals surface area contributed by atoms with Crippen molar-refractivity contribution < 1.29 is 18.7 Å². The molecule has 0 saturated carbocycles. The molecular weight excluding hydrogens is 417 g/mol. The molecular formula is C25H19ClFNO3. The van der Waals surface area contributed by atoms with Crippen molar-refractivity contribution >= 4 is 17.4 Å². The van der Waals surface area contributed by atoms with E-state index in [2.05, 4.69) is 0 Å². The van der Waals surface area contributed by atoms with E-state index in [0.717, 1.165) is 12.8 Å². The summed E-state index contributed by atoms with van der Waals surface area (Å²) in [7, 11) is 0. The zero-order valence-corrected chi connectivity index (χ0v) is 17.4. The number of halogens is 2. The molecule has 0 N–H and O–H groups in total. The molecule has 0 aromatic heterocycles. The zero-order chi connectivity index (χ0) is 21.8. The van der Waals surface area contributed by atoms with Gasteiger partial charge in [0.15, 0.2) is 17.3 Å². The second-order valence-corrected chi connectivity index (χ2v) is 7.66. The van der Waals surface area contributed by atoms with Crippen LogP contribution >= 0.6 is 11.6 Å². The monoisotopic (exact) mass is 435 g/mol. The van der Waals surface area contributed by atoms with Gasteiger partial charge in [0.05, 0.1) is 17.7 Å². The van der Waals surface area contributed by atoms with Gasteiger partial charge < -0.3 is 9.47 Å². The maximum atomic E-state index is 15.5. The Kier molecular flexibility index (Phi) is 6.31. The Morgan fingerprint density at radius 3 is 2.68 bits per heavy atom. The van der Waals surface area contributed by atoms with Crippen LogP contribution in [0.25, 0.3) is 11.1 Å². The second-order valence-electron chi connectivity index (χ2n) is 7.25. The average molecular weight is 436 g/mol. The molecule has 4 rings (SSSR count). The fourth-order valence-electron chi connectivity index (χ4n) is 3.60. The van der Waals surface area contributed by atoms with Gasteiger partial charge in [0.1, 0.15) is 6.61 Å². The minimum atomic E-state index is -0.691. The first-order valence-corrected chi connectivity index (χ1v) is 10.3. The van der Waals surface area contributed by atoms with Crippen LogP contribution in [0.5, 0.6) is 5.75 Å². The number of ether oxygens (including phenoxy) is 2. The van der Waals surface area contributed by atoms with Crippen molar-refractivity contribution in [2.75, 3.05) is 13.2 Å². The number of benzene rings is 3. The Hall–Kier alpha value is -3.20. The molecule has 6 heteroatoms. The highest BCUT2D eigenvalue weighted by molar-refractivity contribution is 6.33. The quantitative estimate of drug-likeness (QED) is 0.458. The minimum absolute atomic E-state index is 0.0139.